The van der Waals surface area contributed by atoms with Crippen molar-refractivity contribution < 1.29 is 19.1 Å². The summed E-state index contributed by atoms with van der Waals surface area (Å²) in [6.07, 6.45) is 6.31. The van der Waals surface area contributed by atoms with Crippen molar-refractivity contribution in [2.45, 2.75) is 31.1 Å². The number of fused-ring (bicyclic) bond motifs is 2. The highest BCUT2D eigenvalue weighted by atomic mass is 16.5. The van der Waals surface area contributed by atoms with Gasteiger partial charge in [-0.1, -0.05) is 42.5 Å². The van der Waals surface area contributed by atoms with Crippen LogP contribution in [0.3, 0.4) is 0 Å². The molecule has 2 saturated heterocycles. The first-order chi connectivity index (χ1) is 17.0. The predicted molar refractivity (Wildman–Crippen MR) is 132 cm³/mol. The maximum atomic E-state index is 13.6. The Hall–Kier alpha value is -3.58. The third-order valence-corrected chi connectivity index (χ3v) is 7.87. The number of likely N-dealkylation sites (tertiary alicyclic amines) is 1. The number of hydrogen-bond acceptors (Lipinski definition) is 4. The van der Waals surface area contributed by atoms with E-state index in [-0.39, 0.29) is 24.0 Å². The van der Waals surface area contributed by atoms with Crippen molar-refractivity contribution in [2.75, 3.05) is 20.2 Å². The number of nitrogens with one attached hydrogen (secondary N) is 2. The van der Waals surface area contributed by atoms with E-state index >= 15 is 0 Å². The molecule has 5 atom stereocenters. The lowest BCUT2D eigenvalue weighted by Crippen LogP contribution is -2.44. The van der Waals surface area contributed by atoms with Crippen molar-refractivity contribution in [3.8, 4) is 5.75 Å². The molecule has 3 aromatic rings. The van der Waals surface area contributed by atoms with Gasteiger partial charge in [-0.3, -0.25) is 9.59 Å². The molecule has 2 amide bonds. The fraction of sp³-hybridized carbons (Fsp3) is 0.357. The summed E-state index contributed by atoms with van der Waals surface area (Å²) in [5, 5.41) is 4.25. The molecule has 4 heterocycles. The minimum Gasteiger partial charge on any atom is -0.497 e. The highest BCUT2D eigenvalue weighted by Crippen LogP contribution is 2.53. The van der Waals surface area contributed by atoms with E-state index in [9.17, 15) is 9.59 Å². The van der Waals surface area contributed by atoms with Crippen LogP contribution in [0.15, 0.2) is 66.9 Å². The first kappa shape index (κ1) is 21.9. The molecule has 1 spiro atoms. The molecule has 180 valence electrons. The molecule has 7 heteroatoms. The lowest BCUT2D eigenvalue weighted by Gasteiger charge is -2.28. The van der Waals surface area contributed by atoms with Gasteiger partial charge in [0.2, 0.25) is 11.8 Å². The van der Waals surface area contributed by atoms with Crippen LogP contribution in [0.1, 0.15) is 24.1 Å². The number of aromatic amines is 1. The number of hydrogen-bond donors (Lipinski definition) is 2. The minimum absolute atomic E-state index is 0.0167. The zero-order chi connectivity index (χ0) is 24.2. The summed E-state index contributed by atoms with van der Waals surface area (Å²) in [5.41, 5.74) is 2.55. The van der Waals surface area contributed by atoms with E-state index in [0.717, 1.165) is 22.4 Å². The van der Waals surface area contributed by atoms with Crippen molar-refractivity contribution in [3.05, 3.63) is 78.0 Å². The first-order valence-corrected chi connectivity index (χ1v) is 12.1. The smallest absolute Gasteiger partial charge is 0.230 e. The van der Waals surface area contributed by atoms with Crippen LogP contribution in [0.25, 0.3) is 10.9 Å². The van der Waals surface area contributed by atoms with Gasteiger partial charge in [-0.25, -0.2) is 0 Å². The van der Waals surface area contributed by atoms with Crippen LogP contribution in [0, 0.1) is 11.8 Å². The number of benzene rings is 2. The summed E-state index contributed by atoms with van der Waals surface area (Å²) < 4.78 is 11.5. The molecule has 2 aromatic carbocycles. The van der Waals surface area contributed by atoms with Gasteiger partial charge < -0.3 is 24.7 Å². The van der Waals surface area contributed by atoms with Gasteiger partial charge in [-0.2, -0.15) is 0 Å². The molecular formula is C28H29N3O4. The maximum absolute atomic E-state index is 13.6. The number of ether oxygens (including phenoxy) is 2. The monoisotopic (exact) mass is 471 g/mol. The molecule has 35 heavy (non-hydrogen) atoms. The molecule has 6 rings (SSSR count). The first-order valence-electron chi connectivity index (χ1n) is 12.1. The fourth-order valence-electron chi connectivity index (χ4n) is 5.99. The molecule has 7 nitrogen and oxygen atoms in total. The van der Waals surface area contributed by atoms with Crippen LogP contribution >= 0.6 is 0 Å². The molecule has 1 aromatic heterocycles. The SMILES string of the molecule is COc1ccc([C@@H](C)N2C[C@]34C=C[C@H](O3)[C@@H](C(=O)NCCc3c[nH]c5ccccc35)[C@@H]4C2=O)cc1. The zero-order valence-corrected chi connectivity index (χ0v) is 19.9. The average Bonchev–Trinajstić information content (AvgIpc) is 3.63. The molecule has 0 radical (unpaired) electrons. The lowest BCUT2D eigenvalue weighted by molar-refractivity contribution is -0.138. The second-order valence-corrected chi connectivity index (χ2v) is 9.72. The number of aromatic nitrogens is 1. The Bertz CT molecular complexity index is 1310. The van der Waals surface area contributed by atoms with Crippen LogP contribution in [-0.4, -0.2) is 53.6 Å². The molecule has 0 unspecified atom stereocenters. The van der Waals surface area contributed by atoms with Crippen LogP contribution in [0.2, 0.25) is 0 Å². The summed E-state index contributed by atoms with van der Waals surface area (Å²) >= 11 is 0. The Kier molecular flexibility index (Phi) is 5.18. The summed E-state index contributed by atoms with van der Waals surface area (Å²) in [7, 11) is 1.63. The third-order valence-electron chi connectivity index (χ3n) is 7.87. The second-order valence-electron chi connectivity index (χ2n) is 9.72. The van der Waals surface area contributed by atoms with Crippen molar-refractivity contribution in [1.29, 1.82) is 0 Å². The summed E-state index contributed by atoms with van der Waals surface area (Å²) in [5.74, 6) is -0.358. The van der Waals surface area contributed by atoms with Crippen molar-refractivity contribution >= 4 is 22.7 Å². The van der Waals surface area contributed by atoms with Gasteiger partial charge in [-0.05, 0) is 42.7 Å². The molecule has 2 bridgehead atoms. The Morgan fingerprint density at radius 2 is 2.06 bits per heavy atom. The van der Waals surface area contributed by atoms with Gasteiger partial charge in [-0.15, -0.1) is 0 Å². The molecule has 3 aliphatic rings. The molecule has 0 aliphatic carbocycles. The highest BCUT2D eigenvalue weighted by Gasteiger charge is 2.67. The molecule has 0 saturated carbocycles. The van der Waals surface area contributed by atoms with Crippen LogP contribution in [-0.2, 0) is 20.7 Å². The van der Waals surface area contributed by atoms with Gasteiger partial charge >= 0.3 is 0 Å². The van der Waals surface area contributed by atoms with E-state index in [2.05, 4.69) is 16.4 Å². The molecule has 2 fully saturated rings. The number of amides is 2. The second kappa shape index (κ2) is 8.27. The molecule has 2 N–H and O–H groups in total. The Balaban J connectivity index is 1.16. The number of carbonyl (C=O) groups is 2. The van der Waals surface area contributed by atoms with Crippen molar-refractivity contribution in [1.82, 2.24) is 15.2 Å². The number of rotatable bonds is 7. The highest BCUT2D eigenvalue weighted by molar-refractivity contribution is 5.93. The Morgan fingerprint density at radius 3 is 2.86 bits per heavy atom. The van der Waals surface area contributed by atoms with Gasteiger partial charge in [0.15, 0.2) is 0 Å². The van der Waals surface area contributed by atoms with Gasteiger partial charge in [0.1, 0.15) is 11.4 Å². The number of carbonyl (C=O) groups excluding carboxylic acids is 2. The normalized spacial score (nSPS) is 27.4. The largest absolute Gasteiger partial charge is 0.497 e. The van der Waals surface area contributed by atoms with Crippen LogP contribution in [0.4, 0.5) is 0 Å². The minimum atomic E-state index is -0.721. The fourth-order valence-corrected chi connectivity index (χ4v) is 5.99. The predicted octanol–water partition coefficient (Wildman–Crippen LogP) is 3.38. The molecule has 3 aliphatic heterocycles. The number of methoxy groups -OCH3 is 1. The quantitative estimate of drug-likeness (QED) is 0.518. The van der Waals surface area contributed by atoms with Crippen LogP contribution in [0.5, 0.6) is 5.75 Å². The van der Waals surface area contributed by atoms with E-state index in [0.29, 0.717) is 19.5 Å². The summed E-state index contributed by atoms with van der Waals surface area (Å²) in [4.78, 5) is 32.1. The van der Waals surface area contributed by atoms with E-state index in [1.165, 1.54) is 5.39 Å². The van der Waals surface area contributed by atoms with Gasteiger partial charge in [0, 0.05) is 23.6 Å². The average molecular weight is 472 g/mol. The topological polar surface area (TPSA) is 83.7 Å². The van der Waals surface area contributed by atoms with E-state index < -0.39 is 17.4 Å². The number of H-pyrrole nitrogens is 1. The van der Waals surface area contributed by atoms with Crippen LogP contribution < -0.4 is 10.1 Å². The van der Waals surface area contributed by atoms with E-state index in [4.69, 9.17) is 9.47 Å². The van der Waals surface area contributed by atoms with Crippen molar-refractivity contribution in [3.63, 3.8) is 0 Å². The lowest BCUT2D eigenvalue weighted by atomic mass is 9.77. The Morgan fingerprint density at radius 1 is 1.26 bits per heavy atom. The number of para-hydroxylation sites is 1. The summed E-state index contributed by atoms with van der Waals surface area (Å²) in [6, 6.07) is 15.8. The van der Waals surface area contributed by atoms with E-state index in [1.807, 2.05) is 72.6 Å². The standard InChI is InChI=1S/C28H29N3O4/c1-17(18-7-9-20(34-2)10-8-18)31-16-28-13-11-23(35-28)24(25(28)27(31)33)26(32)29-14-12-19-15-30-22-6-4-3-5-21(19)22/h3-11,13,15,17,23-25,30H,12,14,16H2,1-2H3,(H,29,32)/t17-,23+,24-,25-,28+/m1/s1. The van der Waals surface area contributed by atoms with Crippen molar-refractivity contribution in [2.24, 2.45) is 11.8 Å². The maximum Gasteiger partial charge on any atom is 0.230 e. The van der Waals surface area contributed by atoms with Gasteiger partial charge in [0.25, 0.3) is 0 Å². The van der Waals surface area contributed by atoms with Gasteiger partial charge in [0.05, 0.1) is 37.6 Å². The summed E-state index contributed by atoms with van der Waals surface area (Å²) in [6.45, 7) is 2.98. The zero-order valence-electron chi connectivity index (χ0n) is 19.9. The molecular weight excluding hydrogens is 442 g/mol. The Labute approximate surface area is 204 Å². The van der Waals surface area contributed by atoms with E-state index in [1.54, 1.807) is 7.11 Å². The number of nitrogens with zero attached hydrogens (tertiary/aromatic N) is 1. The third kappa shape index (κ3) is 3.45.